The number of aryl methyl sites for hydroxylation is 1. The molecule has 2 aromatic carbocycles. The number of hydrogen-bond donors (Lipinski definition) is 0. The van der Waals surface area contributed by atoms with E-state index in [2.05, 4.69) is 49.4 Å². The van der Waals surface area contributed by atoms with Crippen LogP contribution in [-0.2, 0) is 21.1 Å². The van der Waals surface area contributed by atoms with Gasteiger partial charge in [0.2, 0.25) is 0 Å². The summed E-state index contributed by atoms with van der Waals surface area (Å²) in [4.78, 5) is 0. The first-order valence-corrected chi connectivity index (χ1v) is 4.39. The Morgan fingerprint density at radius 1 is 0.786 bits per heavy atom. The van der Waals surface area contributed by atoms with Gasteiger partial charge in [0.1, 0.15) is 0 Å². The standard InChI is InChI=1S/C13H11.W/c1-11-7-9-13(10-8-11)12-5-3-2-4-6-12;/h3-10H,1H3;/q-1;+2. The van der Waals surface area contributed by atoms with Gasteiger partial charge in [-0.1, -0.05) is 29.8 Å². The van der Waals surface area contributed by atoms with Crippen molar-refractivity contribution in [1.29, 1.82) is 0 Å². The molecule has 2 rings (SSSR count). The molecule has 0 saturated carbocycles. The molecule has 0 fully saturated rings. The molecule has 0 N–H and O–H groups in total. The fraction of sp³-hybridized carbons (Fsp3) is 0.0769. The third-order valence-corrected chi connectivity index (χ3v) is 2.10. The summed E-state index contributed by atoms with van der Waals surface area (Å²) in [5, 5.41) is 0. The van der Waals surface area contributed by atoms with Crippen LogP contribution in [0.5, 0.6) is 0 Å². The van der Waals surface area contributed by atoms with E-state index < -0.39 is 0 Å². The maximum Gasteiger partial charge on any atom is 2.00 e. The summed E-state index contributed by atoms with van der Waals surface area (Å²) >= 11 is 0. The van der Waals surface area contributed by atoms with Crippen LogP contribution in [-0.4, -0.2) is 0 Å². The first kappa shape index (κ1) is 11.2. The van der Waals surface area contributed by atoms with Gasteiger partial charge >= 0.3 is 21.1 Å². The van der Waals surface area contributed by atoms with Gasteiger partial charge in [0.25, 0.3) is 0 Å². The molecule has 0 aromatic heterocycles. The topological polar surface area (TPSA) is 0 Å². The van der Waals surface area contributed by atoms with Crippen molar-refractivity contribution in [1.82, 2.24) is 0 Å². The van der Waals surface area contributed by atoms with Gasteiger partial charge in [-0.3, -0.25) is 0 Å². The Kier molecular flexibility index (Phi) is 4.10. The smallest absolute Gasteiger partial charge is 0.184 e. The second-order valence-electron chi connectivity index (χ2n) is 3.15. The SMILES string of the molecule is Cc1ccc(-c2cc[c-]cc2)cc1.[W+2]. The Labute approximate surface area is 99.2 Å². The third kappa shape index (κ3) is 2.56. The van der Waals surface area contributed by atoms with Crippen LogP contribution in [0.15, 0.2) is 48.5 Å². The van der Waals surface area contributed by atoms with Crippen LogP contribution < -0.4 is 0 Å². The largest absolute Gasteiger partial charge is 2.00 e. The fourth-order valence-corrected chi connectivity index (χ4v) is 1.33. The molecule has 0 saturated heterocycles. The zero-order valence-electron chi connectivity index (χ0n) is 8.03. The average Bonchev–Trinajstić information content (AvgIpc) is 2.20. The van der Waals surface area contributed by atoms with E-state index in [0.29, 0.717) is 0 Å². The molecular formula is C13H11W+. The molecule has 1 heteroatoms. The maximum atomic E-state index is 3.01. The van der Waals surface area contributed by atoms with E-state index in [9.17, 15) is 0 Å². The monoisotopic (exact) mass is 351 g/mol. The van der Waals surface area contributed by atoms with E-state index >= 15 is 0 Å². The summed E-state index contributed by atoms with van der Waals surface area (Å²) in [7, 11) is 0. The zero-order chi connectivity index (χ0) is 9.10. The van der Waals surface area contributed by atoms with Gasteiger partial charge in [-0.25, -0.2) is 0 Å². The third-order valence-electron chi connectivity index (χ3n) is 2.10. The van der Waals surface area contributed by atoms with Crippen molar-refractivity contribution < 1.29 is 21.1 Å². The first-order chi connectivity index (χ1) is 6.36. The molecule has 0 amide bonds. The summed E-state index contributed by atoms with van der Waals surface area (Å²) in [6.45, 7) is 2.10. The van der Waals surface area contributed by atoms with Gasteiger partial charge in [0.05, 0.1) is 0 Å². The van der Waals surface area contributed by atoms with Gasteiger partial charge in [0.15, 0.2) is 0 Å². The van der Waals surface area contributed by atoms with Crippen LogP contribution in [0.2, 0.25) is 0 Å². The summed E-state index contributed by atoms with van der Waals surface area (Å²) in [5.74, 6) is 0. The number of benzene rings is 2. The van der Waals surface area contributed by atoms with Crippen molar-refractivity contribution in [2.24, 2.45) is 0 Å². The molecule has 0 radical (unpaired) electrons. The molecule has 0 aliphatic heterocycles. The average molecular weight is 351 g/mol. The van der Waals surface area contributed by atoms with Crippen LogP contribution in [0.4, 0.5) is 0 Å². The summed E-state index contributed by atoms with van der Waals surface area (Å²) in [5.41, 5.74) is 3.81. The van der Waals surface area contributed by atoms with Gasteiger partial charge in [-0.2, -0.15) is 30.3 Å². The molecule has 0 aliphatic carbocycles. The Morgan fingerprint density at radius 3 is 1.86 bits per heavy atom. The Hall–Kier alpha value is -0.872. The second-order valence-corrected chi connectivity index (χ2v) is 3.15. The predicted octanol–water partition coefficient (Wildman–Crippen LogP) is 3.46. The minimum absolute atomic E-state index is 0. The van der Waals surface area contributed by atoms with Crippen molar-refractivity contribution in [2.45, 2.75) is 6.92 Å². The quantitative estimate of drug-likeness (QED) is 0.691. The molecule has 0 atom stereocenters. The Balaban J connectivity index is 0.000000980. The predicted molar refractivity (Wildman–Crippen MR) is 55.5 cm³/mol. The molecular weight excluding hydrogens is 340 g/mol. The Morgan fingerprint density at radius 2 is 1.29 bits per heavy atom. The van der Waals surface area contributed by atoms with E-state index in [-0.39, 0.29) is 21.1 Å². The minimum atomic E-state index is 0. The van der Waals surface area contributed by atoms with Gasteiger partial charge in [-0.05, 0) is 12.5 Å². The second kappa shape index (κ2) is 5.12. The van der Waals surface area contributed by atoms with E-state index in [0.717, 1.165) is 0 Å². The normalized spacial score (nSPS) is 9.21. The molecule has 14 heavy (non-hydrogen) atoms. The maximum absolute atomic E-state index is 3.01. The van der Waals surface area contributed by atoms with Crippen molar-refractivity contribution in [2.75, 3.05) is 0 Å². The number of hydrogen-bond acceptors (Lipinski definition) is 0. The molecule has 68 valence electrons. The summed E-state index contributed by atoms with van der Waals surface area (Å²) in [6, 6.07) is 19.6. The van der Waals surface area contributed by atoms with Crippen LogP contribution in [0, 0.1) is 13.0 Å². The number of rotatable bonds is 1. The van der Waals surface area contributed by atoms with Gasteiger partial charge in [0, 0.05) is 0 Å². The van der Waals surface area contributed by atoms with Gasteiger partial charge in [-0.15, -0.1) is 5.56 Å². The molecule has 2 aromatic rings. The van der Waals surface area contributed by atoms with E-state index in [1.54, 1.807) is 0 Å². The molecule has 0 nitrogen and oxygen atoms in total. The van der Waals surface area contributed by atoms with E-state index in [4.69, 9.17) is 0 Å². The van der Waals surface area contributed by atoms with Crippen LogP contribution >= 0.6 is 0 Å². The molecule has 0 unspecified atom stereocenters. The summed E-state index contributed by atoms with van der Waals surface area (Å²) in [6.07, 6.45) is 0. The van der Waals surface area contributed by atoms with Crippen LogP contribution in [0.3, 0.4) is 0 Å². The van der Waals surface area contributed by atoms with Crippen LogP contribution in [0.1, 0.15) is 5.56 Å². The van der Waals surface area contributed by atoms with E-state index in [1.165, 1.54) is 16.7 Å². The Bertz CT molecular complexity index is 376. The fourth-order valence-electron chi connectivity index (χ4n) is 1.33. The molecule has 0 aliphatic rings. The van der Waals surface area contributed by atoms with Crippen molar-refractivity contribution in [3.63, 3.8) is 0 Å². The molecule has 0 spiro atoms. The minimum Gasteiger partial charge on any atom is -0.184 e. The van der Waals surface area contributed by atoms with Crippen molar-refractivity contribution in [3.05, 3.63) is 60.2 Å². The van der Waals surface area contributed by atoms with Crippen LogP contribution in [0.25, 0.3) is 11.1 Å². The van der Waals surface area contributed by atoms with Crippen molar-refractivity contribution >= 4 is 0 Å². The van der Waals surface area contributed by atoms with Crippen molar-refractivity contribution in [3.8, 4) is 11.1 Å². The first-order valence-electron chi connectivity index (χ1n) is 4.39. The zero-order valence-corrected chi connectivity index (χ0v) is 11.0. The van der Waals surface area contributed by atoms with Gasteiger partial charge < -0.3 is 0 Å². The molecule has 0 bridgehead atoms. The summed E-state index contributed by atoms with van der Waals surface area (Å²) < 4.78 is 0. The van der Waals surface area contributed by atoms with E-state index in [1.807, 2.05) is 12.1 Å². The molecule has 0 heterocycles.